The molecule has 16 heavy (non-hydrogen) atoms. The summed E-state index contributed by atoms with van der Waals surface area (Å²) in [6, 6.07) is 2.45. The lowest BCUT2D eigenvalue weighted by atomic mass is 9.85. The van der Waals surface area contributed by atoms with Gasteiger partial charge >= 0.3 is 0 Å². The minimum atomic E-state index is -0.842. The molecule has 3 heteroatoms. The second kappa shape index (κ2) is 4.86. The van der Waals surface area contributed by atoms with E-state index in [0.29, 0.717) is 12.3 Å². The number of nitrogens with zero attached hydrogens (tertiary/aromatic N) is 2. The van der Waals surface area contributed by atoms with Crippen molar-refractivity contribution in [2.45, 2.75) is 53.0 Å². The third kappa shape index (κ3) is 2.37. The molecule has 0 aromatic heterocycles. The van der Waals surface area contributed by atoms with Crippen LogP contribution in [0.4, 0.5) is 0 Å². The predicted octanol–water partition coefficient (Wildman–Crippen LogP) is 2.57. The van der Waals surface area contributed by atoms with E-state index in [1.807, 2.05) is 11.8 Å². The highest BCUT2D eigenvalue weighted by Gasteiger charge is 2.38. The van der Waals surface area contributed by atoms with Crippen LogP contribution in [-0.2, 0) is 4.79 Å². The predicted molar refractivity (Wildman–Crippen MR) is 63.6 cm³/mol. The number of carbonyl (C=O) groups is 1. The van der Waals surface area contributed by atoms with Gasteiger partial charge in [0.1, 0.15) is 5.41 Å². The molecule has 0 aliphatic carbocycles. The Morgan fingerprint density at radius 3 is 2.62 bits per heavy atom. The molecule has 3 unspecified atom stereocenters. The molecule has 0 aromatic carbocycles. The summed E-state index contributed by atoms with van der Waals surface area (Å²) in [5, 5.41) is 9.14. The number of hydrogen-bond donors (Lipinski definition) is 0. The molecule has 1 saturated heterocycles. The van der Waals surface area contributed by atoms with Crippen LogP contribution in [-0.4, -0.2) is 23.4 Å². The number of hydrogen-bond acceptors (Lipinski definition) is 2. The second-order valence-electron chi connectivity index (χ2n) is 5.29. The minimum Gasteiger partial charge on any atom is -0.338 e. The number of nitriles is 1. The van der Waals surface area contributed by atoms with Gasteiger partial charge in [0.05, 0.1) is 6.07 Å². The molecule has 0 spiro atoms. The summed E-state index contributed by atoms with van der Waals surface area (Å²) < 4.78 is 0. The van der Waals surface area contributed by atoms with Crippen LogP contribution in [0.3, 0.4) is 0 Å². The SMILES string of the molecule is CCC(C)(C#N)C(=O)N1CC(C)CCC1C. The molecule has 90 valence electrons. The Morgan fingerprint density at radius 2 is 2.12 bits per heavy atom. The summed E-state index contributed by atoms with van der Waals surface area (Å²) in [4.78, 5) is 14.2. The zero-order valence-corrected chi connectivity index (χ0v) is 10.8. The van der Waals surface area contributed by atoms with Crippen LogP contribution in [0.2, 0.25) is 0 Å². The first-order chi connectivity index (χ1) is 7.44. The summed E-state index contributed by atoms with van der Waals surface area (Å²) in [5.74, 6) is 0.566. The topological polar surface area (TPSA) is 44.1 Å². The van der Waals surface area contributed by atoms with E-state index in [9.17, 15) is 4.79 Å². The van der Waals surface area contributed by atoms with Crippen molar-refractivity contribution < 1.29 is 4.79 Å². The van der Waals surface area contributed by atoms with Gasteiger partial charge in [-0.25, -0.2) is 0 Å². The van der Waals surface area contributed by atoms with Gasteiger partial charge in [0, 0.05) is 12.6 Å². The molecule has 3 nitrogen and oxygen atoms in total. The van der Waals surface area contributed by atoms with Gasteiger partial charge in [-0.2, -0.15) is 5.26 Å². The van der Waals surface area contributed by atoms with Gasteiger partial charge in [0.2, 0.25) is 5.91 Å². The number of piperidine rings is 1. The number of amides is 1. The van der Waals surface area contributed by atoms with E-state index in [1.165, 1.54) is 6.42 Å². The lowest BCUT2D eigenvalue weighted by molar-refractivity contribution is -0.142. The third-order valence-corrected chi connectivity index (χ3v) is 3.80. The van der Waals surface area contributed by atoms with Gasteiger partial charge in [0.15, 0.2) is 0 Å². The van der Waals surface area contributed by atoms with Gasteiger partial charge in [-0.1, -0.05) is 13.8 Å². The molecule has 1 fully saturated rings. The molecule has 1 heterocycles. The van der Waals surface area contributed by atoms with E-state index in [2.05, 4.69) is 19.9 Å². The molecule has 0 aromatic rings. The first kappa shape index (κ1) is 13.0. The fourth-order valence-electron chi connectivity index (χ4n) is 2.17. The zero-order valence-electron chi connectivity index (χ0n) is 10.8. The highest BCUT2D eigenvalue weighted by atomic mass is 16.2. The van der Waals surface area contributed by atoms with E-state index in [4.69, 9.17) is 5.26 Å². The van der Waals surface area contributed by atoms with Crippen molar-refractivity contribution in [3.05, 3.63) is 0 Å². The monoisotopic (exact) mass is 222 g/mol. The number of likely N-dealkylation sites (tertiary alicyclic amines) is 1. The normalized spacial score (nSPS) is 29.3. The Bertz CT molecular complexity index is 308. The largest absolute Gasteiger partial charge is 0.338 e. The quantitative estimate of drug-likeness (QED) is 0.720. The summed E-state index contributed by atoms with van der Waals surface area (Å²) in [5.41, 5.74) is -0.842. The lowest BCUT2D eigenvalue weighted by Gasteiger charge is -2.40. The highest BCUT2D eigenvalue weighted by Crippen LogP contribution is 2.29. The van der Waals surface area contributed by atoms with Gasteiger partial charge in [0.25, 0.3) is 0 Å². The van der Waals surface area contributed by atoms with Crippen LogP contribution in [0, 0.1) is 22.7 Å². The minimum absolute atomic E-state index is 0.0107. The van der Waals surface area contributed by atoms with Gasteiger partial charge in [-0.05, 0) is 39.0 Å². The number of carbonyl (C=O) groups excluding carboxylic acids is 1. The first-order valence-corrected chi connectivity index (χ1v) is 6.17. The van der Waals surface area contributed by atoms with Gasteiger partial charge in [-0.3, -0.25) is 4.79 Å². The Morgan fingerprint density at radius 1 is 1.50 bits per heavy atom. The molecule has 0 N–H and O–H groups in total. The van der Waals surface area contributed by atoms with E-state index < -0.39 is 5.41 Å². The zero-order chi connectivity index (χ0) is 12.3. The standard InChI is InChI=1S/C13H22N2O/c1-5-13(4,9-14)12(16)15-8-10(2)6-7-11(15)3/h10-11H,5-8H2,1-4H3. The summed E-state index contributed by atoms with van der Waals surface area (Å²) in [6.07, 6.45) is 2.82. The Balaban J connectivity index is 2.83. The van der Waals surface area contributed by atoms with Crippen LogP contribution < -0.4 is 0 Å². The molecule has 0 bridgehead atoms. The molecule has 1 aliphatic heterocycles. The smallest absolute Gasteiger partial charge is 0.242 e. The van der Waals surface area contributed by atoms with Gasteiger partial charge in [-0.15, -0.1) is 0 Å². The lowest BCUT2D eigenvalue weighted by Crippen LogP contribution is -2.50. The molecule has 3 atom stereocenters. The Kier molecular flexibility index (Phi) is 3.96. The van der Waals surface area contributed by atoms with E-state index in [0.717, 1.165) is 13.0 Å². The van der Waals surface area contributed by atoms with Crippen molar-refractivity contribution in [1.29, 1.82) is 5.26 Å². The van der Waals surface area contributed by atoms with Crippen molar-refractivity contribution in [1.82, 2.24) is 4.90 Å². The van der Waals surface area contributed by atoms with E-state index in [-0.39, 0.29) is 11.9 Å². The summed E-state index contributed by atoms with van der Waals surface area (Å²) in [6.45, 7) is 8.71. The molecular formula is C13H22N2O. The molecule has 0 saturated carbocycles. The average Bonchev–Trinajstić information content (AvgIpc) is 2.30. The van der Waals surface area contributed by atoms with Crippen LogP contribution in [0.15, 0.2) is 0 Å². The second-order valence-corrected chi connectivity index (χ2v) is 5.29. The number of rotatable bonds is 2. The van der Waals surface area contributed by atoms with Crippen LogP contribution in [0.1, 0.15) is 47.0 Å². The maximum absolute atomic E-state index is 12.3. The molecule has 1 amide bonds. The third-order valence-electron chi connectivity index (χ3n) is 3.80. The molecule has 1 aliphatic rings. The Labute approximate surface area is 98.4 Å². The maximum atomic E-state index is 12.3. The van der Waals surface area contributed by atoms with Crippen LogP contribution in [0.25, 0.3) is 0 Å². The van der Waals surface area contributed by atoms with Crippen LogP contribution >= 0.6 is 0 Å². The van der Waals surface area contributed by atoms with Gasteiger partial charge < -0.3 is 4.90 Å². The van der Waals surface area contributed by atoms with Crippen molar-refractivity contribution in [3.8, 4) is 6.07 Å². The maximum Gasteiger partial charge on any atom is 0.242 e. The summed E-state index contributed by atoms with van der Waals surface area (Å²) in [7, 11) is 0. The molecule has 0 radical (unpaired) electrons. The summed E-state index contributed by atoms with van der Waals surface area (Å²) >= 11 is 0. The molecular weight excluding hydrogens is 200 g/mol. The van der Waals surface area contributed by atoms with Crippen LogP contribution in [0.5, 0.6) is 0 Å². The Hall–Kier alpha value is -1.04. The first-order valence-electron chi connectivity index (χ1n) is 6.17. The fourth-order valence-corrected chi connectivity index (χ4v) is 2.17. The van der Waals surface area contributed by atoms with Crippen molar-refractivity contribution in [2.75, 3.05) is 6.54 Å². The van der Waals surface area contributed by atoms with E-state index in [1.54, 1.807) is 6.92 Å². The van der Waals surface area contributed by atoms with Crippen molar-refractivity contribution >= 4 is 5.91 Å². The van der Waals surface area contributed by atoms with Crippen molar-refractivity contribution in [3.63, 3.8) is 0 Å². The highest BCUT2D eigenvalue weighted by molar-refractivity contribution is 5.85. The van der Waals surface area contributed by atoms with E-state index >= 15 is 0 Å². The fraction of sp³-hybridized carbons (Fsp3) is 0.846. The molecule has 1 rings (SSSR count). The van der Waals surface area contributed by atoms with Crippen molar-refractivity contribution in [2.24, 2.45) is 11.3 Å². The average molecular weight is 222 g/mol.